The minimum atomic E-state index is 0.212. The molecule has 2 nitrogen and oxygen atoms in total. The van der Waals surface area contributed by atoms with Crippen molar-refractivity contribution in [1.82, 2.24) is 5.32 Å². The highest BCUT2D eigenvalue weighted by Gasteiger charge is 2.50. The number of nitrogens with one attached hydrogen (secondary N) is 1. The SMILES string of the molecule is CC(Cl)CCCNC(=O)C1CC1(C)C. The van der Waals surface area contributed by atoms with E-state index in [1.165, 1.54) is 0 Å². The molecule has 2 unspecified atom stereocenters. The molecule has 0 radical (unpaired) electrons. The smallest absolute Gasteiger partial charge is 0.223 e. The van der Waals surface area contributed by atoms with Crippen LogP contribution in [-0.4, -0.2) is 17.8 Å². The average molecular weight is 218 g/mol. The summed E-state index contributed by atoms with van der Waals surface area (Å²) < 4.78 is 0. The Hall–Kier alpha value is -0.240. The Kier molecular flexibility index (Phi) is 3.82. The summed E-state index contributed by atoms with van der Waals surface area (Å²) in [5.74, 6) is 0.466. The second-order valence-corrected chi connectivity index (χ2v) is 5.70. The fourth-order valence-corrected chi connectivity index (χ4v) is 1.79. The normalized spacial score (nSPS) is 25.6. The molecule has 0 heterocycles. The number of alkyl halides is 1. The number of carbonyl (C=O) groups is 1. The van der Waals surface area contributed by atoms with Crippen LogP contribution in [0.15, 0.2) is 0 Å². The summed E-state index contributed by atoms with van der Waals surface area (Å²) in [5, 5.41) is 3.17. The van der Waals surface area contributed by atoms with E-state index in [2.05, 4.69) is 19.2 Å². The van der Waals surface area contributed by atoms with Gasteiger partial charge in [-0.3, -0.25) is 4.79 Å². The molecule has 2 atom stereocenters. The quantitative estimate of drug-likeness (QED) is 0.557. The van der Waals surface area contributed by atoms with Crippen molar-refractivity contribution < 1.29 is 4.79 Å². The predicted octanol–water partition coefficient (Wildman–Crippen LogP) is 2.56. The van der Waals surface area contributed by atoms with Crippen molar-refractivity contribution >= 4 is 17.5 Å². The molecule has 14 heavy (non-hydrogen) atoms. The van der Waals surface area contributed by atoms with Crippen LogP contribution in [-0.2, 0) is 4.79 Å². The van der Waals surface area contributed by atoms with Gasteiger partial charge in [0.25, 0.3) is 0 Å². The summed E-state index contributed by atoms with van der Waals surface area (Å²) in [5.41, 5.74) is 0.240. The first-order valence-corrected chi connectivity index (χ1v) is 5.79. The van der Waals surface area contributed by atoms with Crippen molar-refractivity contribution in [3.63, 3.8) is 0 Å². The highest BCUT2D eigenvalue weighted by atomic mass is 35.5. The average Bonchev–Trinajstić information content (AvgIpc) is 2.68. The van der Waals surface area contributed by atoms with Crippen LogP contribution in [0.2, 0.25) is 0 Å². The van der Waals surface area contributed by atoms with E-state index in [-0.39, 0.29) is 22.6 Å². The zero-order chi connectivity index (χ0) is 10.8. The van der Waals surface area contributed by atoms with Gasteiger partial charge in [0.1, 0.15) is 0 Å². The van der Waals surface area contributed by atoms with Crippen LogP contribution in [0.5, 0.6) is 0 Å². The van der Waals surface area contributed by atoms with Gasteiger partial charge < -0.3 is 5.32 Å². The minimum Gasteiger partial charge on any atom is -0.356 e. The maximum Gasteiger partial charge on any atom is 0.223 e. The molecule has 0 aromatic carbocycles. The van der Waals surface area contributed by atoms with Crippen LogP contribution in [0, 0.1) is 11.3 Å². The fourth-order valence-electron chi connectivity index (χ4n) is 1.63. The Bertz CT molecular complexity index is 213. The van der Waals surface area contributed by atoms with E-state index in [0.29, 0.717) is 0 Å². The minimum absolute atomic E-state index is 0.212. The van der Waals surface area contributed by atoms with Crippen LogP contribution < -0.4 is 5.32 Å². The largest absolute Gasteiger partial charge is 0.356 e. The van der Waals surface area contributed by atoms with Crippen molar-refractivity contribution in [3.05, 3.63) is 0 Å². The van der Waals surface area contributed by atoms with Gasteiger partial charge in [0.2, 0.25) is 5.91 Å². The zero-order valence-electron chi connectivity index (χ0n) is 9.27. The molecule has 0 aromatic rings. The number of amides is 1. The fraction of sp³-hybridized carbons (Fsp3) is 0.909. The van der Waals surface area contributed by atoms with Gasteiger partial charge in [-0.1, -0.05) is 13.8 Å². The molecule has 0 aliphatic heterocycles. The van der Waals surface area contributed by atoms with E-state index in [4.69, 9.17) is 11.6 Å². The van der Waals surface area contributed by atoms with E-state index in [0.717, 1.165) is 25.8 Å². The molecule has 82 valence electrons. The van der Waals surface area contributed by atoms with Gasteiger partial charge in [0, 0.05) is 17.8 Å². The second-order valence-electron chi connectivity index (χ2n) is 4.96. The van der Waals surface area contributed by atoms with Crippen LogP contribution >= 0.6 is 11.6 Å². The van der Waals surface area contributed by atoms with Crippen LogP contribution in [0.3, 0.4) is 0 Å². The van der Waals surface area contributed by atoms with Gasteiger partial charge in [0.05, 0.1) is 0 Å². The molecule has 1 saturated carbocycles. The Labute approximate surface area is 91.4 Å². The summed E-state index contributed by atoms with van der Waals surface area (Å²) in [7, 11) is 0. The summed E-state index contributed by atoms with van der Waals surface area (Å²) in [6.45, 7) is 7.02. The lowest BCUT2D eigenvalue weighted by molar-refractivity contribution is -0.122. The van der Waals surface area contributed by atoms with E-state index >= 15 is 0 Å². The molecule has 1 rings (SSSR count). The molecule has 1 fully saturated rings. The molecule has 1 aliphatic carbocycles. The van der Waals surface area contributed by atoms with Gasteiger partial charge >= 0.3 is 0 Å². The maximum atomic E-state index is 11.5. The predicted molar refractivity (Wildman–Crippen MR) is 59.4 cm³/mol. The zero-order valence-corrected chi connectivity index (χ0v) is 10.0. The standard InChI is InChI=1S/C11H20ClNO/c1-8(12)5-4-6-13-10(14)9-7-11(9,2)3/h8-9H,4-7H2,1-3H3,(H,13,14). The monoisotopic (exact) mass is 217 g/mol. The third kappa shape index (κ3) is 3.49. The van der Waals surface area contributed by atoms with E-state index in [9.17, 15) is 4.79 Å². The summed E-state index contributed by atoms with van der Waals surface area (Å²) in [6.07, 6.45) is 2.98. The topological polar surface area (TPSA) is 29.1 Å². The molecular weight excluding hydrogens is 198 g/mol. The first-order valence-electron chi connectivity index (χ1n) is 5.35. The van der Waals surface area contributed by atoms with Crippen molar-refractivity contribution in [2.24, 2.45) is 11.3 Å². The summed E-state index contributed by atoms with van der Waals surface area (Å²) in [4.78, 5) is 11.5. The Balaban J connectivity index is 2.06. The second kappa shape index (κ2) is 4.52. The number of hydrogen-bond acceptors (Lipinski definition) is 1. The third-order valence-corrected chi connectivity index (χ3v) is 3.13. The Morgan fingerprint density at radius 2 is 2.21 bits per heavy atom. The van der Waals surface area contributed by atoms with Gasteiger partial charge in [-0.05, 0) is 31.6 Å². The molecule has 0 spiro atoms. The number of carbonyl (C=O) groups excluding carboxylic acids is 1. The highest BCUT2D eigenvalue weighted by molar-refractivity contribution is 6.20. The molecular formula is C11H20ClNO. The molecule has 0 saturated heterocycles. The van der Waals surface area contributed by atoms with Crippen LogP contribution in [0.1, 0.15) is 40.0 Å². The lowest BCUT2D eigenvalue weighted by Crippen LogP contribution is -2.27. The molecule has 1 amide bonds. The molecule has 1 N–H and O–H groups in total. The van der Waals surface area contributed by atoms with Crippen molar-refractivity contribution in [2.75, 3.05) is 6.54 Å². The van der Waals surface area contributed by atoms with Gasteiger partial charge in [-0.15, -0.1) is 11.6 Å². The van der Waals surface area contributed by atoms with Gasteiger partial charge in [-0.25, -0.2) is 0 Å². The molecule has 1 aliphatic rings. The van der Waals surface area contributed by atoms with Gasteiger partial charge in [0.15, 0.2) is 0 Å². The lowest BCUT2D eigenvalue weighted by Gasteiger charge is -2.06. The van der Waals surface area contributed by atoms with E-state index in [1.807, 2.05) is 6.92 Å². The van der Waals surface area contributed by atoms with Crippen molar-refractivity contribution in [3.8, 4) is 0 Å². The molecule has 0 bridgehead atoms. The molecule has 3 heteroatoms. The molecule has 0 aromatic heterocycles. The van der Waals surface area contributed by atoms with Crippen molar-refractivity contribution in [2.45, 2.75) is 45.4 Å². The van der Waals surface area contributed by atoms with E-state index < -0.39 is 0 Å². The number of hydrogen-bond donors (Lipinski definition) is 1. The third-order valence-electron chi connectivity index (χ3n) is 2.91. The lowest BCUT2D eigenvalue weighted by atomic mass is 10.1. The van der Waals surface area contributed by atoms with Crippen molar-refractivity contribution in [1.29, 1.82) is 0 Å². The summed E-state index contributed by atoms with van der Waals surface area (Å²) in [6, 6.07) is 0. The van der Waals surface area contributed by atoms with Crippen LogP contribution in [0.25, 0.3) is 0 Å². The Morgan fingerprint density at radius 3 is 2.64 bits per heavy atom. The van der Waals surface area contributed by atoms with Crippen LogP contribution in [0.4, 0.5) is 0 Å². The van der Waals surface area contributed by atoms with Gasteiger partial charge in [-0.2, -0.15) is 0 Å². The first-order chi connectivity index (χ1) is 6.43. The maximum absolute atomic E-state index is 11.5. The Morgan fingerprint density at radius 1 is 1.64 bits per heavy atom. The number of halogens is 1. The first kappa shape index (κ1) is 11.8. The number of rotatable bonds is 5. The van der Waals surface area contributed by atoms with E-state index in [1.54, 1.807) is 0 Å². The summed E-state index contributed by atoms with van der Waals surface area (Å²) >= 11 is 5.80. The highest BCUT2D eigenvalue weighted by Crippen LogP contribution is 2.51.